The Bertz CT molecular complexity index is 930. The molecular formula is C19H26N4O5S. The summed E-state index contributed by atoms with van der Waals surface area (Å²) in [5, 5.41) is 2.97. The highest BCUT2D eigenvalue weighted by Gasteiger charge is 2.04. The summed E-state index contributed by atoms with van der Waals surface area (Å²) >= 11 is 0. The lowest BCUT2D eigenvalue weighted by atomic mass is 10.2. The minimum Gasteiger partial charge on any atom is -0.493 e. The Labute approximate surface area is 170 Å². The van der Waals surface area contributed by atoms with Gasteiger partial charge in [-0.1, -0.05) is 6.07 Å². The van der Waals surface area contributed by atoms with E-state index in [9.17, 15) is 8.42 Å². The number of benzene rings is 2. The van der Waals surface area contributed by atoms with Gasteiger partial charge in [-0.2, -0.15) is 0 Å². The minimum absolute atomic E-state index is 0.302. The minimum atomic E-state index is -3.29. The Morgan fingerprint density at radius 3 is 2.38 bits per heavy atom. The molecule has 29 heavy (non-hydrogen) atoms. The van der Waals surface area contributed by atoms with E-state index in [1.54, 1.807) is 38.5 Å². The predicted octanol–water partition coefficient (Wildman–Crippen LogP) is 1.56. The highest BCUT2D eigenvalue weighted by atomic mass is 32.2. The van der Waals surface area contributed by atoms with E-state index in [4.69, 9.17) is 19.9 Å². The molecule has 0 saturated heterocycles. The third-order valence-corrected chi connectivity index (χ3v) is 4.32. The van der Waals surface area contributed by atoms with Crippen LogP contribution in [-0.4, -0.2) is 48.0 Å². The summed E-state index contributed by atoms with van der Waals surface area (Å²) in [6, 6.07) is 12.2. The van der Waals surface area contributed by atoms with Crippen LogP contribution in [0.1, 0.15) is 5.56 Å². The van der Waals surface area contributed by atoms with Crippen molar-refractivity contribution < 1.29 is 22.6 Å². The van der Waals surface area contributed by atoms with Gasteiger partial charge in [0.15, 0.2) is 17.5 Å². The second-order valence-electron chi connectivity index (χ2n) is 6.06. The SMILES string of the molecule is COc1ccc(CN=C(N)NCCOc2ccc(NS(C)(=O)=O)cc2)cc1OC. The van der Waals surface area contributed by atoms with Crippen LogP contribution in [0.5, 0.6) is 17.2 Å². The van der Waals surface area contributed by atoms with E-state index >= 15 is 0 Å². The zero-order valence-electron chi connectivity index (χ0n) is 16.6. The Morgan fingerprint density at radius 1 is 1.07 bits per heavy atom. The van der Waals surface area contributed by atoms with Crippen LogP contribution in [-0.2, 0) is 16.6 Å². The number of ether oxygens (including phenoxy) is 3. The molecule has 9 nitrogen and oxygen atoms in total. The molecule has 158 valence electrons. The van der Waals surface area contributed by atoms with Gasteiger partial charge in [0.1, 0.15) is 12.4 Å². The molecule has 4 N–H and O–H groups in total. The second kappa shape index (κ2) is 10.4. The number of hydrogen-bond donors (Lipinski definition) is 3. The van der Waals surface area contributed by atoms with Crippen molar-refractivity contribution in [2.45, 2.75) is 6.54 Å². The van der Waals surface area contributed by atoms with Gasteiger partial charge < -0.3 is 25.3 Å². The molecule has 2 rings (SSSR count). The zero-order chi connectivity index (χ0) is 21.3. The lowest BCUT2D eigenvalue weighted by molar-refractivity contribution is 0.322. The van der Waals surface area contributed by atoms with E-state index in [-0.39, 0.29) is 0 Å². The van der Waals surface area contributed by atoms with E-state index in [1.165, 1.54) is 0 Å². The first-order chi connectivity index (χ1) is 13.8. The zero-order valence-corrected chi connectivity index (χ0v) is 17.5. The van der Waals surface area contributed by atoms with E-state index < -0.39 is 10.0 Å². The number of methoxy groups -OCH3 is 2. The average molecular weight is 423 g/mol. The van der Waals surface area contributed by atoms with Crippen molar-refractivity contribution in [3.8, 4) is 17.2 Å². The second-order valence-corrected chi connectivity index (χ2v) is 7.81. The predicted molar refractivity (Wildman–Crippen MR) is 113 cm³/mol. The maximum atomic E-state index is 11.2. The lowest BCUT2D eigenvalue weighted by Gasteiger charge is -2.10. The fourth-order valence-electron chi connectivity index (χ4n) is 2.39. The van der Waals surface area contributed by atoms with Crippen LogP contribution in [0, 0.1) is 0 Å². The van der Waals surface area contributed by atoms with Crippen LogP contribution in [0.2, 0.25) is 0 Å². The van der Waals surface area contributed by atoms with Crippen LogP contribution in [0.15, 0.2) is 47.5 Å². The van der Waals surface area contributed by atoms with Crippen molar-refractivity contribution >= 4 is 21.7 Å². The van der Waals surface area contributed by atoms with E-state index in [0.29, 0.717) is 48.6 Å². The maximum Gasteiger partial charge on any atom is 0.229 e. The summed E-state index contributed by atoms with van der Waals surface area (Å²) in [5.74, 6) is 2.21. The molecule has 2 aromatic carbocycles. The van der Waals surface area contributed by atoms with E-state index in [0.717, 1.165) is 11.8 Å². The van der Waals surface area contributed by atoms with Crippen LogP contribution < -0.4 is 30.0 Å². The molecule has 0 aliphatic rings. The monoisotopic (exact) mass is 422 g/mol. The number of nitrogens with zero attached hydrogens (tertiary/aromatic N) is 1. The van der Waals surface area contributed by atoms with Crippen molar-refractivity contribution in [3.05, 3.63) is 48.0 Å². The van der Waals surface area contributed by atoms with Crippen molar-refractivity contribution in [1.29, 1.82) is 0 Å². The fourth-order valence-corrected chi connectivity index (χ4v) is 2.96. The highest BCUT2D eigenvalue weighted by Crippen LogP contribution is 2.27. The molecule has 10 heteroatoms. The summed E-state index contributed by atoms with van der Waals surface area (Å²) in [6.07, 6.45) is 1.10. The van der Waals surface area contributed by atoms with Gasteiger partial charge in [-0.05, 0) is 42.0 Å². The van der Waals surface area contributed by atoms with Crippen molar-refractivity contribution in [2.24, 2.45) is 10.7 Å². The highest BCUT2D eigenvalue weighted by molar-refractivity contribution is 7.92. The molecular weight excluding hydrogens is 396 g/mol. The lowest BCUT2D eigenvalue weighted by Crippen LogP contribution is -2.34. The molecule has 0 bridgehead atoms. The fraction of sp³-hybridized carbons (Fsp3) is 0.316. The summed E-state index contributed by atoms with van der Waals surface area (Å²) in [7, 11) is -0.131. The third-order valence-electron chi connectivity index (χ3n) is 3.71. The maximum absolute atomic E-state index is 11.2. The Hall–Kier alpha value is -3.14. The number of nitrogens with one attached hydrogen (secondary N) is 2. The van der Waals surface area contributed by atoms with Gasteiger partial charge in [0, 0.05) is 5.69 Å². The van der Waals surface area contributed by atoms with Crippen molar-refractivity contribution in [1.82, 2.24) is 5.32 Å². The number of aliphatic imine (C=N–C) groups is 1. The summed E-state index contributed by atoms with van der Waals surface area (Å²) in [5.41, 5.74) is 7.28. The summed E-state index contributed by atoms with van der Waals surface area (Å²) < 4.78 is 40.8. The molecule has 0 heterocycles. The van der Waals surface area contributed by atoms with E-state index in [1.807, 2.05) is 18.2 Å². The van der Waals surface area contributed by atoms with Crippen LogP contribution >= 0.6 is 0 Å². The first kappa shape index (κ1) is 22.2. The number of guanidine groups is 1. The van der Waals surface area contributed by atoms with Crippen LogP contribution in [0.25, 0.3) is 0 Å². The quantitative estimate of drug-likeness (QED) is 0.301. The number of rotatable bonds is 10. The van der Waals surface area contributed by atoms with Gasteiger partial charge in [-0.25, -0.2) is 13.4 Å². The van der Waals surface area contributed by atoms with Crippen molar-refractivity contribution in [2.75, 3.05) is 38.3 Å². The molecule has 0 amide bonds. The molecule has 0 unspecified atom stereocenters. The topological polar surface area (TPSA) is 124 Å². The molecule has 0 aromatic heterocycles. The number of hydrogen-bond acceptors (Lipinski definition) is 6. The Kier molecular flexibility index (Phi) is 7.96. The smallest absolute Gasteiger partial charge is 0.229 e. The number of anilines is 1. The number of nitrogens with two attached hydrogens (primary N) is 1. The molecule has 0 aliphatic heterocycles. The third kappa shape index (κ3) is 7.78. The van der Waals surface area contributed by atoms with Crippen molar-refractivity contribution in [3.63, 3.8) is 0 Å². The molecule has 0 fully saturated rings. The summed E-state index contributed by atoms with van der Waals surface area (Å²) in [6.45, 7) is 1.23. The first-order valence-electron chi connectivity index (χ1n) is 8.76. The van der Waals surface area contributed by atoms with Gasteiger partial charge in [0.05, 0.1) is 33.6 Å². The van der Waals surface area contributed by atoms with Gasteiger partial charge in [-0.3, -0.25) is 4.72 Å². The molecule has 0 aliphatic carbocycles. The first-order valence-corrected chi connectivity index (χ1v) is 10.6. The molecule has 0 atom stereocenters. The largest absolute Gasteiger partial charge is 0.493 e. The van der Waals surface area contributed by atoms with Gasteiger partial charge in [0.2, 0.25) is 10.0 Å². The molecule has 2 aromatic rings. The van der Waals surface area contributed by atoms with Crippen LogP contribution in [0.4, 0.5) is 5.69 Å². The molecule has 0 radical (unpaired) electrons. The summed E-state index contributed by atoms with van der Waals surface area (Å²) in [4.78, 5) is 4.28. The average Bonchev–Trinajstić information content (AvgIpc) is 2.69. The number of sulfonamides is 1. The van der Waals surface area contributed by atoms with Crippen LogP contribution in [0.3, 0.4) is 0 Å². The Balaban J connectivity index is 1.76. The normalized spacial score (nSPS) is 11.6. The standard InChI is InChI=1S/C19H26N4O5S/c1-26-17-9-4-14(12-18(17)27-2)13-22-19(20)21-10-11-28-16-7-5-15(6-8-16)23-29(3,24)25/h4-9,12,23H,10-11,13H2,1-3H3,(H3,20,21,22). The van der Waals surface area contributed by atoms with Gasteiger partial charge in [-0.15, -0.1) is 0 Å². The Morgan fingerprint density at radius 2 is 1.76 bits per heavy atom. The van der Waals surface area contributed by atoms with E-state index in [2.05, 4.69) is 15.0 Å². The van der Waals surface area contributed by atoms with Gasteiger partial charge >= 0.3 is 0 Å². The molecule has 0 spiro atoms. The van der Waals surface area contributed by atoms with Gasteiger partial charge in [0.25, 0.3) is 0 Å². The molecule has 0 saturated carbocycles.